The predicted molar refractivity (Wildman–Crippen MR) is 125 cm³/mol. The molecule has 0 bridgehead atoms. The highest BCUT2D eigenvalue weighted by Crippen LogP contribution is 2.37. The van der Waals surface area contributed by atoms with E-state index in [1.807, 2.05) is 30.3 Å². The Labute approximate surface area is 199 Å². The van der Waals surface area contributed by atoms with Crippen molar-refractivity contribution in [2.24, 2.45) is 0 Å². The largest absolute Gasteiger partial charge is 0.394 e. The van der Waals surface area contributed by atoms with Gasteiger partial charge in [0.15, 0.2) is 0 Å². The lowest BCUT2D eigenvalue weighted by atomic mass is 9.86. The zero-order valence-corrected chi connectivity index (χ0v) is 19.4. The lowest BCUT2D eigenvalue weighted by Gasteiger charge is -2.40. The molecule has 6 nitrogen and oxygen atoms in total. The third kappa shape index (κ3) is 5.28. The fourth-order valence-corrected chi connectivity index (χ4v) is 5.22. The summed E-state index contributed by atoms with van der Waals surface area (Å²) in [7, 11) is 0. The molecule has 0 aromatic heterocycles. The molecule has 2 fully saturated rings. The SMILES string of the molecule is OC[C@H]1O[C@@H](c2ccc(Cl)c(Cc3ccc(C4(O)CCCCCC4)cc3)c2)C(O)[C@@H](O)[C@@H]1O. The van der Waals surface area contributed by atoms with E-state index >= 15 is 0 Å². The number of rotatable bonds is 5. The fraction of sp³-hybridized carbons (Fsp3) is 0.538. The van der Waals surface area contributed by atoms with Crippen LogP contribution in [0.1, 0.15) is 66.9 Å². The summed E-state index contributed by atoms with van der Waals surface area (Å²) in [6.45, 7) is -0.472. The van der Waals surface area contributed by atoms with Gasteiger partial charge in [-0.15, -0.1) is 0 Å². The van der Waals surface area contributed by atoms with Gasteiger partial charge in [-0.1, -0.05) is 73.7 Å². The number of aliphatic hydroxyl groups excluding tert-OH is 4. The average molecular weight is 477 g/mol. The topological polar surface area (TPSA) is 110 Å². The molecule has 5 atom stereocenters. The van der Waals surface area contributed by atoms with Crippen LogP contribution in [0.15, 0.2) is 42.5 Å². The normalized spacial score (nSPS) is 30.1. The van der Waals surface area contributed by atoms with Gasteiger partial charge in [-0.3, -0.25) is 0 Å². The maximum absolute atomic E-state index is 11.1. The Balaban J connectivity index is 1.53. The molecule has 4 rings (SSSR count). The molecule has 33 heavy (non-hydrogen) atoms. The minimum atomic E-state index is -1.43. The molecule has 7 heteroatoms. The van der Waals surface area contributed by atoms with E-state index in [-0.39, 0.29) is 0 Å². The highest BCUT2D eigenvalue weighted by atomic mass is 35.5. The van der Waals surface area contributed by atoms with Crippen molar-refractivity contribution in [3.05, 3.63) is 69.7 Å². The second-order valence-corrected chi connectivity index (χ2v) is 9.83. The Kier molecular flexibility index (Phi) is 7.76. The molecular formula is C26H33ClO6. The quantitative estimate of drug-likeness (QED) is 0.424. The zero-order chi connectivity index (χ0) is 23.6. The molecule has 2 aromatic carbocycles. The minimum Gasteiger partial charge on any atom is -0.394 e. The van der Waals surface area contributed by atoms with Gasteiger partial charge in [-0.05, 0) is 47.6 Å². The summed E-state index contributed by atoms with van der Waals surface area (Å²) in [6.07, 6.45) is 0.526. The Bertz CT molecular complexity index is 923. The maximum Gasteiger partial charge on any atom is 0.113 e. The van der Waals surface area contributed by atoms with Crippen molar-refractivity contribution in [1.82, 2.24) is 0 Å². The van der Waals surface area contributed by atoms with Gasteiger partial charge in [0.1, 0.15) is 30.5 Å². The molecule has 0 radical (unpaired) electrons. The van der Waals surface area contributed by atoms with Crippen LogP contribution in [0.25, 0.3) is 0 Å². The van der Waals surface area contributed by atoms with Crippen LogP contribution >= 0.6 is 11.6 Å². The van der Waals surface area contributed by atoms with Gasteiger partial charge in [-0.25, -0.2) is 0 Å². The van der Waals surface area contributed by atoms with Crippen molar-refractivity contribution in [3.8, 4) is 0 Å². The lowest BCUT2D eigenvalue weighted by molar-refractivity contribution is -0.231. The summed E-state index contributed by atoms with van der Waals surface area (Å²) in [6, 6.07) is 13.3. The third-order valence-electron chi connectivity index (χ3n) is 7.11. The summed E-state index contributed by atoms with van der Waals surface area (Å²) in [4.78, 5) is 0. The molecule has 1 heterocycles. The number of hydrogen-bond donors (Lipinski definition) is 5. The van der Waals surface area contributed by atoms with E-state index in [4.69, 9.17) is 16.3 Å². The molecule has 0 amide bonds. The van der Waals surface area contributed by atoms with E-state index in [1.165, 1.54) is 12.8 Å². The van der Waals surface area contributed by atoms with E-state index in [0.717, 1.165) is 42.4 Å². The van der Waals surface area contributed by atoms with Crippen molar-refractivity contribution in [2.75, 3.05) is 6.61 Å². The minimum absolute atomic E-state index is 0.472. The molecule has 1 unspecified atom stereocenters. The summed E-state index contributed by atoms with van der Waals surface area (Å²) >= 11 is 6.45. The first kappa shape index (κ1) is 24.6. The smallest absolute Gasteiger partial charge is 0.113 e. The van der Waals surface area contributed by atoms with Gasteiger partial charge in [0.05, 0.1) is 12.2 Å². The van der Waals surface area contributed by atoms with E-state index in [1.54, 1.807) is 12.1 Å². The van der Waals surface area contributed by atoms with Crippen molar-refractivity contribution in [1.29, 1.82) is 0 Å². The number of benzene rings is 2. The first-order valence-electron chi connectivity index (χ1n) is 11.7. The highest BCUT2D eigenvalue weighted by Gasteiger charge is 2.44. The van der Waals surface area contributed by atoms with Crippen LogP contribution < -0.4 is 0 Å². The Morgan fingerprint density at radius 1 is 0.879 bits per heavy atom. The second-order valence-electron chi connectivity index (χ2n) is 9.42. The van der Waals surface area contributed by atoms with Crippen molar-refractivity contribution in [2.45, 2.75) is 81.1 Å². The van der Waals surface area contributed by atoms with Crippen molar-refractivity contribution in [3.63, 3.8) is 0 Å². The van der Waals surface area contributed by atoms with Crippen LogP contribution in [0.3, 0.4) is 0 Å². The van der Waals surface area contributed by atoms with Crippen LogP contribution in [0, 0.1) is 0 Å². The van der Waals surface area contributed by atoms with Crippen LogP contribution in [0.2, 0.25) is 5.02 Å². The van der Waals surface area contributed by atoms with Crippen LogP contribution in [0.4, 0.5) is 0 Å². The number of halogens is 1. The molecular weight excluding hydrogens is 444 g/mol. The summed E-state index contributed by atoms with van der Waals surface area (Å²) in [5.41, 5.74) is 2.66. The van der Waals surface area contributed by atoms with E-state index < -0.39 is 42.7 Å². The standard InChI is InChI=1S/C26H33ClO6/c27-20-10-7-17(25-24(31)23(30)22(29)21(15-28)33-25)14-18(20)13-16-5-8-19(9-6-16)26(32)11-3-1-2-4-12-26/h5-10,14,21-25,28-32H,1-4,11-13,15H2/t21-,22-,23+,24?,25+/m1/s1. The Morgan fingerprint density at radius 3 is 2.18 bits per heavy atom. The van der Waals surface area contributed by atoms with Gasteiger partial charge in [-0.2, -0.15) is 0 Å². The maximum atomic E-state index is 11.1. The highest BCUT2D eigenvalue weighted by molar-refractivity contribution is 6.31. The predicted octanol–water partition coefficient (Wildman–Crippen LogP) is 2.99. The van der Waals surface area contributed by atoms with Crippen LogP contribution in [-0.4, -0.2) is 56.6 Å². The molecule has 0 spiro atoms. The molecule has 5 N–H and O–H groups in total. The van der Waals surface area contributed by atoms with E-state index in [0.29, 0.717) is 17.0 Å². The van der Waals surface area contributed by atoms with Gasteiger partial charge in [0, 0.05) is 5.02 Å². The first-order chi connectivity index (χ1) is 15.8. The molecule has 180 valence electrons. The number of aliphatic hydroxyl groups is 5. The second kappa shape index (κ2) is 10.4. The van der Waals surface area contributed by atoms with Crippen LogP contribution in [-0.2, 0) is 16.8 Å². The lowest BCUT2D eigenvalue weighted by Crippen LogP contribution is -2.55. The molecule has 1 aliphatic heterocycles. The monoisotopic (exact) mass is 476 g/mol. The van der Waals surface area contributed by atoms with Gasteiger partial charge in [0.2, 0.25) is 0 Å². The number of hydrogen-bond acceptors (Lipinski definition) is 6. The zero-order valence-electron chi connectivity index (χ0n) is 18.6. The molecule has 1 saturated carbocycles. The molecule has 1 aliphatic carbocycles. The fourth-order valence-electron chi connectivity index (χ4n) is 5.04. The Hall–Kier alpha value is -1.51. The first-order valence-corrected chi connectivity index (χ1v) is 12.1. The summed E-state index contributed by atoms with van der Waals surface area (Å²) in [5.74, 6) is 0. The Morgan fingerprint density at radius 2 is 1.55 bits per heavy atom. The summed E-state index contributed by atoms with van der Waals surface area (Å²) in [5, 5.41) is 51.7. The summed E-state index contributed by atoms with van der Waals surface area (Å²) < 4.78 is 5.68. The van der Waals surface area contributed by atoms with E-state index in [2.05, 4.69) is 0 Å². The van der Waals surface area contributed by atoms with E-state index in [9.17, 15) is 25.5 Å². The van der Waals surface area contributed by atoms with Gasteiger partial charge in [0.25, 0.3) is 0 Å². The van der Waals surface area contributed by atoms with Crippen LogP contribution in [0.5, 0.6) is 0 Å². The molecule has 1 saturated heterocycles. The third-order valence-corrected chi connectivity index (χ3v) is 7.48. The average Bonchev–Trinajstić information content (AvgIpc) is 3.05. The van der Waals surface area contributed by atoms with Crippen molar-refractivity contribution >= 4 is 11.6 Å². The van der Waals surface area contributed by atoms with Crippen molar-refractivity contribution < 1.29 is 30.3 Å². The van der Waals surface area contributed by atoms with Gasteiger partial charge < -0.3 is 30.3 Å². The number of ether oxygens (including phenoxy) is 1. The molecule has 2 aromatic rings. The molecule has 2 aliphatic rings. The van der Waals surface area contributed by atoms with Gasteiger partial charge >= 0.3 is 0 Å².